The summed E-state index contributed by atoms with van der Waals surface area (Å²) in [6, 6.07) is 7.16. The average molecular weight is 324 g/mol. The van der Waals surface area contributed by atoms with Gasteiger partial charge >= 0.3 is 0 Å². The standard InChI is InChI=1S/C16H24N2O5/c1-13(19)18(12-16(20)17-8-10-21-2)9-11-23-15-6-4-14(22-3)5-7-15/h4-7H,8-12H2,1-3H3,(H,17,20). The Kier molecular flexibility index (Phi) is 8.52. The molecule has 0 atom stereocenters. The minimum atomic E-state index is -0.221. The van der Waals surface area contributed by atoms with Crippen molar-refractivity contribution in [1.82, 2.24) is 10.2 Å². The number of amides is 2. The van der Waals surface area contributed by atoms with Gasteiger partial charge in [0, 0.05) is 20.6 Å². The summed E-state index contributed by atoms with van der Waals surface area (Å²) >= 11 is 0. The fourth-order valence-electron chi connectivity index (χ4n) is 1.82. The van der Waals surface area contributed by atoms with Gasteiger partial charge in [-0.3, -0.25) is 9.59 Å². The van der Waals surface area contributed by atoms with Crippen molar-refractivity contribution in [2.24, 2.45) is 0 Å². The quantitative estimate of drug-likeness (QED) is 0.641. The van der Waals surface area contributed by atoms with Crippen LogP contribution in [0.15, 0.2) is 24.3 Å². The highest BCUT2D eigenvalue weighted by Crippen LogP contribution is 2.16. The SMILES string of the molecule is COCCNC(=O)CN(CCOc1ccc(OC)cc1)C(C)=O. The third-order valence-electron chi connectivity index (χ3n) is 3.10. The largest absolute Gasteiger partial charge is 0.497 e. The van der Waals surface area contributed by atoms with Crippen LogP contribution in [0, 0.1) is 0 Å². The van der Waals surface area contributed by atoms with E-state index in [9.17, 15) is 9.59 Å². The van der Waals surface area contributed by atoms with E-state index in [4.69, 9.17) is 14.2 Å². The number of ether oxygens (including phenoxy) is 3. The van der Waals surface area contributed by atoms with Crippen LogP contribution in [-0.4, -0.2) is 63.8 Å². The van der Waals surface area contributed by atoms with Crippen molar-refractivity contribution >= 4 is 11.8 Å². The zero-order chi connectivity index (χ0) is 17.1. The van der Waals surface area contributed by atoms with Gasteiger partial charge in [-0.05, 0) is 24.3 Å². The fraction of sp³-hybridized carbons (Fsp3) is 0.500. The van der Waals surface area contributed by atoms with Gasteiger partial charge in [0.15, 0.2) is 0 Å². The van der Waals surface area contributed by atoms with E-state index < -0.39 is 0 Å². The van der Waals surface area contributed by atoms with Gasteiger partial charge in [0.1, 0.15) is 18.1 Å². The molecular weight excluding hydrogens is 300 g/mol. The lowest BCUT2D eigenvalue weighted by atomic mass is 10.3. The molecule has 0 saturated heterocycles. The summed E-state index contributed by atoms with van der Waals surface area (Å²) in [6.07, 6.45) is 0. The van der Waals surface area contributed by atoms with Gasteiger partial charge in [0.05, 0.1) is 26.8 Å². The first-order valence-corrected chi connectivity index (χ1v) is 7.34. The zero-order valence-electron chi connectivity index (χ0n) is 13.8. The topological polar surface area (TPSA) is 77.1 Å². The highest BCUT2D eigenvalue weighted by atomic mass is 16.5. The number of carbonyl (C=O) groups is 2. The van der Waals surface area contributed by atoms with E-state index in [-0.39, 0.29) is 18.4 Å². The monoisotopic (exact) mass is 324 g/mol. The summed E-state index contributed by atoms with van der Waals surface area (Å²) in [4.78, 5) is 24.7. The van der Waals surface area contributed by atoms with Gasteiger partial charge in [-0.15, -0.1) is 0 Å². The van der Waals surface area contributed by atoms with Gasteiger partial charge in [-0.1, -0.05) is 0 Å². The number of hydrogen-bond donors (Lipinski definition) is 1. The van der Waals surface area contributed by atoms with Crippen molar-refractivity contribution < 1.29 is 23.8 Å². The normalized spacial score (nSPS) is 10.0. The van der Waals surface area contributed by atoms with E-state index in [1.807, 2.05) is 0 Å². The highest BCUT2D eigenvalue weighted by Gasteiger charge is 2.13. The smallest absolute Gasteiger partial charge is 0.239 e. The van der Waals surface area contributed by atoms with Crippen LogP contribution in [0.5, 0.6) is 11.5 Å². The second-order valence-electron chi connectivity index (χ2n) is 4.81. The lowest BCUT2D eigenvalue weighted by molar-refractivity contribution is -0.134. The van der Waals surface area contributed by atoms with E-state index in [0.29, 0.717) is 32.1 Å². The number of methoxy groups -OCH3 is 2. The molecule has 7 heteroatoms. The number of nitrogens with zero attached hydrogens (tertiary/aromatic N) is 1. The van der Waals surface area contributed by atoms with Crippen molar-refractivity contribution in [3.05, 3.63) is 24.3 Å². The predicted molar refractivity (Wildman–Crippen MR) is 85.6 cm³/mol. The van der Waals surface area contributed by atoms with E-state index in [1.54, 1.807) is 38.5 Å². The first kappa shape index (κ1) is 18.8. The summed E-state index contributed by atoms with van der Waals surface area (Å²) in [5.74, 6) is 1.03. The number of benzene rings is 1. The molecule has 0 unspecified atom stereocenters. The maximum Gasteiger partial charge on any atom is 0.239 e. The second kappa shape index (κ2) is 10.4. The van der Waals surface area contributed by atoms with Crippen LogP contribution in [0.3, 0.4) is 0 Å². The lowest BCUT2D eigenvalue weighted by Gasteiger charge is -2.20. The Labute approximate surface area is 136 Å². The van der Waals surface area contributed by atoms with Gasteiger partial charge < -0.3 is 24.4 Å². The molecule has 0 bridgehead atoms. The van der Waals surface area contributed by atoms with E-state index in [2.05, 4.69) is 5.32 Å². The Morgan fingerprint density at radius 1 is 1.09 bits per heavy atom. The number of nitrogens with one attached hydrogen (secondary N) is 1. The highest BCUT2D eigenvalue weighted by molar-refractivity contribution is 5.83. The third-order valence-corrected chi connectivity index (χ3v) is 3.10. The van der Waals surface area contributed by atoms with Crippen LogP contribution in [0.2, 0.25) is 0 Å². The van der Waals surface area contributed by atoms with Crippen LogP contribution in [0.25, 0.3) is 0 Å². The molecule has 1 aromatic rings. The molecule has 128 valence electrons. The Balaban J connectivity index is 2.37. The minimum Gasteiger partial charge on any atom is -0.497 e. The Morgan fingerprint density at radius 3 is 2.30 bits per heavy atom. The van der Waals surface area contributed by atoms with Crippen LogP contribution in [-0.2, 0) is 14.3 Å². The van der Waals surface area contributed by atoms with E-state index in [0.717, 1.165) is 5.75 Å². The third kappa shape index (κ3) is 7.51. The summed E-state index contributed by atoms with van der Waals surface area (Å²) in [7, 11) is 3.16. The molecule has 0 aliphatic rings. The Morgan fingerprint density at radius 2 is 1.74 bits per heavy atom. The zero-order valence-corrected chi connectivity index (χ0v) is 13.8. The maximum atomic E-state index is 11.7. The molecule has 0 fully saturated rings. The summed E-state index contributed by atoms with van der Waals surface area (Å²) in [5.41, 5.74) is 0. The van der Waals surface area contributed by atoms with Crippen LogP contribution < -0.4 is 14.8 Å². The van der Waals surface area contributed by atoms with Crippen molar-refractivity contribution in [2.45, 2.75) is 6.92 Å². The number of carbonyl (C=O) groups excluding carboxylic acids is 2. The summed E-state index contributed by atoms with van der Waals surface area (Å²) < 4.78 is 15.5. The fourth-order valence-corrected chi connectivity index (χ4v) is 1.82. The van der Waals surface area contributed by atoms with Gasteiger partial charge in [-0.2, -0.15) is 0 Å². The Bertz CT molecular complexity index is 490. The second-order valence-corrected chi connectivity index (χ2v) is 4.81. The van der Waals surface area contributed by atoms with Crippen LogP contribution >= 0.6 is 0 Å². The molecule has 0 saturated carbocycles. The molecule has 1 aromatic carbocycles. The minimum absolute atomic E-state index is 0.00498. The molecule has 7 nitrogen and oxygen atoms in total. The van der Waals surface area contributed by atoms with Crippen molar-refractivity contribution in [3.63, 3.8) is 0 Å². The molecule has 2 amide bonds. The molecule has 1 rings (SSSR count). The summed E-state index contributed by atoms with van der Waals surface area (Å²) in [5, 5.41) is 2.68. The van der Waals surface area contributed by atoms with E-state index in [1.165, 1.54) is 11.8 Å². The van der Waals surface area contributed by atoms with Crippen molar-refractivity contribution in [3.8, 4) is 11.5 Å². The molecule has 0 aliphatic heterocycles. The molecule has 0 aliphatic carbocycles. The molecule has 0 heterocycles. The first-order chi connectivity index (χ1) is 11.1. The van der Waals surface area contributed by atoms with Crippen molar-refractivity contribution in [1.29, 1.82) is 0 Å². The maximum absolute atomic E-state index is 11.7. The Hall–Kier alpha value is -2.28. The van der Waals surface area contributed by atoms with Gasteiger partial charge in [0.25, 0.3) is 0 Å². The molecule has 0 radical (unpaired) electrons. The van der Waals surface area contributed by atoms with E-state index >= 15 is 0 Å². The van der Waals surface area contributed by atoms with Crippen molar-refractivity contribution in [2.75, 3.05) is 47.1 Å². The molecular formula is C16H24N2O5. The predicted octanol–water partition coefficient (Wildman–Crippen LogP) is 0.685. The van der Waals surface area contributed by atoms with Gasteiger partial charge in [0.2, 0.25) is 11.8 Å². The number of rotatable bonds is 10. The molecule has 0 spiro atoms. The lowest BCUT2D eigenvalue weighted by Crippen LogP contribution is -2.42. The number of hydrogen-bond acceptors (Lipinski definition) is 5. The van der Waals surface area contributed by atoms with Crippen LogP contribution in [0.1, 0.15) is 6.92 Å². The average Bonchev–Trinajstić information content (AvgIpc) is 2.54. The molecule has 1 N–H and O–H groups in total. The van der Waals surface area contributed by atoms with Gasteiger partial charge in [-0.25, -0.2) is 0 Å². The molecule has 0 aromatic heterocycles. The first-order valence-electron chi connectivity index (χ1n) is 7.34. The molecule has 23 heavy (non-hydrogen) atoms. The van der Waals surface area contributed by atoms with Crippen LogP contribution in [0.4, 0.5) is 0 Å². The summed E-state index contributed by atoms with van der Waals surface area (Å²) in [6.45, 7) is 2.92.